The highest BCUT2D eigenvalue weighted by Gasteiger charge is 2.25. The van der Waals surface area contributed by atoms with Crippen molar-refractivity contribution in [1.82, 2.24) is 9.78 Å². The van der Waals surface area contributed by atoms with Crippen LogP contribution < -0.4 is 10.2 Å². The molecule has 0 amide bonds. The van der Waals surface area contributed by atoms with Crippen LogP contribution in [-0.2, 0) is 20.0 Å². The Balaban J connectivity index is 1.73. The first kappa shape index (κ1) is 19.1. The van der Waals surface area contributed by atoms with Crippen LogP contribution in [0.2, 0.25) is 0 Å². The molecule has 0 unspecified atom stereocenters. The maximum Gasteiger partial charge on any atom is 0.333 e. The lowest BCUT2D eigenvalue weighted by atomic mass is 10.1. The van der Waals surface area contributed by atoms with Crippen LogP contribution in [0.15, 0.2) is 18.2 Å². The molecule has 1 aliphatic heterocycles. The Morgan fingerprint density at radius 3 is 2.70 bits per heavy atom. The highest BCUT2D eigenvalue weighted by molar-refractivity contribution is 5.60. The quantitative estimate of drug-likeness (QED) is 0.593. The fourth-order valence-corrected chi connectivity index (χ4v) is 3.41. The van der Waals surface area contributed by atoms with Gasteiger partial charge in [-0.15, -0.1) is 0 Å². The first-order valence-corrected chi connectivity index (χ1v) is 9.06. The number of hydrogen-bond donors (Lipinski definition) is 2. The Hall–Kier alpha value is -2.68. The van der Waals surface area contributed by atoms with Gasteiger partial charge in [0, 0.05) is 26.7 Å². The summed E-state index contributed by atoms with van der Waals surface area (Å²) in [4.78, 5) is 12.8. The maximum absolute atomic E-state index is 14.5. The van der Waals surface area contributed by atoms with Crippen LogP contribution in [0.1, 0.15) is 31.0 Å². The third-order valence-electron chi connectivity index (χ3n) is 4.89. The van der Waals surface area contributed by atoms with E-state index in [0.717, 1.165) is 0 Å². The normalized spacial score (nSPS) is 15.2. The summed E-state index contributed by atoms with van der Waals surface area (Å²) in [7, 11) is 1.64. The van der Waals surface area contributed by atoms with E-state index in [-0.39, 0.29) is 24.2 Å². The number of benzene rings is 1. The van der Waals surface area contributed by atoms with Crippen LogP contribution in [0, 0.1) is 15.9 Å². The van der Waals surface area contributed by atoms with Crippen LogP contribution >= 0.6 is 0 Å². The van der Waals surface area contributed by atoms with Crippen LogP contribution in [0.5, 0.6) is 0 Å². The van der Waals surface area contributed by atoms with Crippen molar-refractivity contribution in [3.05, 3.63) is 45.4 Å². The van der Waals surface area contributed by atoms with Crippen LogP contribution in [-0.4, -0.2) is 39.0 Å². The van der Waals surface area contributed by atoms with Gasteiger partial charge < -0.3 is 15.3 Å². The second-order valence-electron chi connectivity index (χ2n) is 6.74. The second-order valence-corrected chi connectivity index (χ2v) is 6.74. The smallest absolute Gasteiger partial charge is 0.333 e. The molecule has 9 heteroatoms. The molecule has 1 saturated heterocycles. The van der Waals surface area contributed by atoms with Crippen LogP contribution in [0.25, 0.3) is 0 Å². The summed E-state index contributed by atoms with van der Waals surface area (Å²) in [5.74, 6) is -0.0224. The Morgan fingerprint density at radius 1 is 1.41 bits per heavy atom. The molecule has 146 valence electrons. The van der Waals surface area contributed by atoms with Crippen molar-refractivity contribution in [1.29, 1.82) is 0 Å². The number of hydrogen-bond acceptors (Lipinski definition) is 6. The number of aliphatic hydroxyl groups excluding tert-OH is 1. The van der Waals surface area contributed by atoms with Gasteiger partial charge in [0.2, 0.25) is 5.82 Å². The van der Waals surface area contributed by atoms with E-state index in [0.29, 0.717) is 55.1 Å². The van der Waals surface area contributed by atoms with Crippen molar-refractivity contribution in [3.63, 3.8) is 0 Å². The molecule has 0 saturated carbocycles. The SMILES string of the molecule is CCc1nn(C)c(NCc2ccc(N3CCC(O)CC3)c(F)c2)c1[N+](=O)[O-]. The van der Waals surface area contributed by atoms with Gasteiger partial charge in [-0.2, -0.15) is 5.10 Å². The van der Waals surface area contributed by atoms with E-state index in [1.807, 2.05) is 11.8 Å². The number of piperidine rings is 1. The lowest BCUT2D eigenvalue weighted by Crippen LogP contribution is -2.36. The Morgan fingerprint density at radius 2 is 2.11 bits per heavy atom. The van der Waals surface area contributed by atoms with E-state index in [1.54, 1.807) is 19.2 Å². The molecule has 3 rings (SSSR count). The topological polar surface area (TPSA) is 96.5 Å². The minimum Gasteiger partial charge on any atom is -0.393 e. The molecular formula is C18H24FN5O3. The maximum atomic E-state index is 14.5. The summed E-state index contributed by atoms with van der Waals surface area (Å²) in [6.07, 6.45) is 1.41. The third-order valence-corrected chi connectivity index (χ3v) is 4.89. The minimum absolute atomic E-state index is 0.0380. The zero-order valence-corrected chi connectivity index (χ0v) is 15.5. The van der Waals surface area contributed by atoms with Gasteiger partial charge in [0.15, 0.2) is 0 Å². The van der Waals surface area contributed by atoms with Gasteiger partial charge in [-0.25, -0.2) is 9.07 Å². The van der Waals surface area contributed by atoms with Gasteiger partial charge in [0.1, 0.15) is 11.5 Å². The number of nitro groups is 1. The summed E-state index contributed by atoms with van der Waals surface area (Å²) in [6, 6.07) is 4.97. The van der Waals surface area contributed by atoms with E-state index in [2.05, 4.69) is 10.4 Å². The lowest BCUT2D eigenvalue weighted by molar-refractivity contribution is -0.384. The standard InChI is InChI=1S/C18H24FN5O3/c1-3-15-17(24(26)27)18(22(2)21-15)20-11-12-4-5-16(14(19)10-12)23-8-6-13(25)7-9-23/h4-5,10,13,20,25H,3,6-9,11H2,1-2H3. The Bertz CT molecular complexity index is 831. The predicted molar refractivity (Wildman–Crippen MR) is 100 cm³/mol. The zero-order chi connectivity index (χ0) is 19.6. The van der Waals surface area contributed by atoms with Crippen LogP contribution in [0.4, 0.5) is 21.6 Å². The van der Waals surface area contributed by atoms with E-state index >= 15 is 0 Å². The number of nitrogens with one attached hydrogen (secondary N) is 1. The molecule has 8 nitrogen and oxygen atoms in total. The molecule has 0 radical (unpaired) electrons. The molecule has 27 heavy (non-hydrogen) atoms. The van der Waals surface area contributed by atoms with Crippen molar-refractivity contribution < 1.29 is 14.4 Å². The fourth-order valence-electron chi connectivity index (χ4n) is 3.41. The van der Waals surface area contributed by atoms with Gasteiger partial charge in [-0.05, 0) is 37.0 Å². The molecule has 0 atom stereocenters. The molecule has 2 aromatic rings. The van der Waals surface area contributed by atoms with E-state index in [1.165, 1.54) is 10.7 Å². The highest BCUT2D eigenvalue weighted by Crippen LogP contribution is 2.29. The molecule has 0 spiro atoms. The van der Waals surface area contributed by atoms with Gasteiger partial charge in [-0.3, -0.25) is 10.1 Å². The molecule has 1 aliphatic rings. The number of aryl methyl sites for hydroxylation is 2. The van der Waals surface area contributed by atoms with Gasteiger partial charge in [0.05, 0.1) is 16.7 Å². The predicted octanol–water partition coefficient (Wildman–Crippen LogP) is 2.60. The summed E-state index contributed by atoms with van der Waals surface area (Å²) in [5.41, 5.74) is 1.58. The van der Waals surface area contributed by atoms with Crippen molar-refractivity contribution in [3.8, 4) is 0 Å². The summed E-state index contributed by atoms with van der Waals surface area (Å²) < 4.78 is 16.0. The molecule has 1 aromatic heterocycles. The average Bonchev–Trinajstić information content (AvgIpc) is 2.97. The highest BCUT2D eigenvalue weighted by atomic mass is 19.1. The number of rotatable bonds is 6. The lowest BCUT2D eigenvalue weighted by Gasteiger charge is -2.31. The zero-order valence-electron chi connectivity index (χ0n) is 15.5. The fraction of sp³-hybridized carbons (Fsp3) is 0.500. The van der Waals surface area contributed by atoms with Gasteiger partial charge in [-0.1, -0.05) is 13.0 Å². The molecule has 0 aliphatic carbocycles. The van der Waals surface area contributed by atoms with Crippen molar-refractivity contribution in [2.24, 2.45) is 7.05 Å². The monoisotopic (exact) mass is 377 g/mol. The summed E-state index contributed by atoms with van der Waals surface area (Å²) in [6.45, 7) is 3.31. The Kier molecular flexibility index (Phi) is 5.59. The van der Waals surface area contributed by atoms with E-state index in [4.69, 9.17) is 0 Å². The molecular weight excluding hydrogens is 353 g/mol. The number of aliphatic hydroxyl groups is 1. The van der Waals surface area contributed by atoms with Crippen LogP contribution in [0.3, 0.4) is 0 Å². The van der Waals surface area contributed by atoms with Crippen molar-refractivity contribution in [2.45, 2.75) is 38.8 Å². The number of nitrogens with zero attached hydrogens (tertiary/aromatic N) is 4. The molecule has 1 fully saturated rings. The number of aromatic nitrogens is 2. The summed E-state index contributed by atoms with van der Waals surface area (Å²) in [5, 5.41) is 28.1. The largest absolute Gasteiger partial charge is 0.393 e. The van der Waals surface area contributed by atoms with Crippen molar-refractivity contribution >= 4 is 17.2 Å². The van der Waals surface area contributed by atoms with Crippen molar-refractivity contribution in [2.75, 3.05) is 23.3 Å². The van der Waals surface area contributed by atoms with Gasteiger partial charge >= 0.3 is 5.69 Å². The number of anilines is 2. The second kappa shape index (κ2) is 7.91. The molecule has 2 heterocycles. The first-order valence-electron chi connectivity index (χ1n) is 9.06. The molecule has 0 bridgehead atoms. The minimum atomic E-state index is -0.442. The number of halogens is 1. The van der Waals surface area contributed by atoms with E-state index in [9.17, 15) is 19.6 Å². The molecule has 1 aromatic carbocycles. The van der Waals surface area contributed by atoms with Gasteiger partial charge in [0.25, 0.3) is 0 Å². The molecule has 2 N–H and O–H groups in total. The summed E-state index contributed by atoms with van der Waals surface area (Å²) >= 11 is 0. The first-order chi connectivity index (χ1) is 12.9. The average molecular weight is 377 g/mol. The Labute approximate surface area is 156 Å². The van der Waals surface area contributed by atoms with E-state index < -0.39 is 4.92 Å². The third kappa shape index (κ3) is 4.02.